The van der Waals surface area contributed by atoms with Gasteiger partial charge in [-0.2, -0.15) is 5.26 Å². The Labute approximate surface area is 159 Å². The smallest absolute Gasteiger partial charge is 0.232 e. The lowest BCUT2D eigenvalue weighted by molar-refractivity contribution is -0.0409. The van der Waals surface area contributed by atoms with E-state index < -0.39 is 0 Å². The maximum atomic E-state index is 12.4. The minimum absolute atomic E-state index is 0.145. The van der Waals surface area contributed by atoms with E-state index in [0.717, 1.165) is 16.8 Å². The summed E-state index contributed by atoms with van der Waals surface area (Å²) in [6.07, 6.45) is 0.608. The second kappa shape index (κ2) is 7.50. The molecule has 5 heteroatoms. The minimum atomic E-state index is -0.356. The van der Waals surface area contributed by atoms with Crippen LogP contribution in [0.2, 0.25) is 0 Å². The van der Waals surface area contributed by atoms with Crippen molar-refractivity contribution in [2.45, 2.75) is 52.2 Å². The van der Waals surface area contributed by atoms with Gasteiger partial charge in [-0.25, -0.2) is 4.98 Å². The lowest BCUT2D eigenvalue weighted by Gasteiger charge is -2.34. The third-order valence-electron chi connectivity index (χ3n) is 4.72. The number of pyridine rings is 1. The first-order valence-corrected chi connectivity index (χ1v) is 9.13. The number of ether oxygens (including phenoxy) is 2. The van der Waals surface area contributed by atoms with Crippen molar-refractivity contribution in [1.82, 2.24) is 4.98 Å². The topological polar surface area (TPSA) is 72.2 Å². The van der Waals surface area contributed by atoms with Gasteiger partial charge in [-0.1, -0.05) is 44.2 Å². The monoisotopic (exact) mass is 364 g/mol. The lowest BCUT2D eigenvalue weighted by Crippen LogP contribution is -2.33. The lowest BCUT2D eigenvalue weighted by atomic mass is 9.86. The summed E-state index contributed by atoms with van der Waals surface area (Å²) in [5, 5.41) is 9.76. The van der Waals surface area contributed by atoms with Gasteiger partial charge in [-0.05, 0) is 25.3 Å². The van der Waals surface area contributed by atoms with Crippen molar-refractivity contribution in [3.63, 3.8) is 0 Å². The molecule has 5 nitrogen and oxygen atoms in total. The third kappa shape index (κ3) is 4.01. The van der Waals surface area contributed by atoms with Gasteiger partial charge in [-0.15, -0.1) is 0 Å². The van der Waals surface area contributed by atoms with Crippen molar-refractivity contribution in [2.24, 2.45) is 0 Å². The van der Waals surface area contributed by atoms with Gasteiger partial charge in [0, 0.05) is 17.5 Å². The van der Waals surface area contributed by atoms with E-state index in [0.29, 0.717) is 24.2 Å². The van der Waals surface area contributed by atoms with E-state index in [-0.39, 0.29) is 29.8 Å². The number of ketones is 1. The van der Waals surface area contributed by atoms with Gasteiger partial charge in [0.15, 0.2) is 12.4 Å². The van der Waals surface area contributed by atoms with Crippen molar-refractivity contribution in [3.8, 4) is 11.9 Å². The SMILES string of the molecule is CC(C)c1nc(OCC(=O)c2ccccc2)c(C#N)c2c1COC(C)(C)C2. The number of fused-ring (bicyclic) bond motifs is 1. The standard InChI is InChI=1S/C22H24N2O3/c1-14(2)20-18-12-27-22(3,4)10-16(18)17(11-23)21(24-20)26-13-19(25)15-8-6-5-7-9-15/h5-9,14H,10,12-13H2,1-4H3. The average molecular weight is 364 g/mol. The zero-order valence-electron chi connectivity index (χ0n) is 16.2. The number of hydrogen-bond donors (Lipinski definition) is 0. The van der Waals surface area contributed by atoms with E-state index in [1.807, 2.05) is 45.9 Å². The number of carbonyl (C=O) groups excluding carboxylic acids is 1. The number of rotatable bonds is 5. The van der Waals surface area contributed by atoms with Crippen LogP contribution in [0.1, 0.15) is 66.4 Å². The predicted molar refractivity (Wildman–Crippen MR) is 102 cm³/mol. The van der Waals surface area contributed by atoms with Gasteiger partial charge < -0.3 is 9.47 Å². The summed E-state index contributed by atoms with van der Waals surface area (Å²) in [5.74, 6) is 0.249. The molecule has 0 saturated carbocycles. The maximum Gasteiger partial charge on any atom is 0.232 e. The molecule has 0 unspecified atom stereocenters. The normalized spacial score (nSPS) is 15.1. The van der Waals surface area contributed by atoms with Crippen molar-refractivity contribution >= 4 is 5.78 Å². The molecule has 0 N–H and O–H groups in total. The van der Waals surface area contributed by atoms with E-state index in [2.05, 4.69) is 11.1 Å². The number of benzene rings is 1. The van der Waals surface area contributed by atoms with Crippen LogP contribution in [-0.4, -0.2) is 23.0 Å². The summed E-state index contributed by atoms with van der Waals surface area (Å²) in [4.78, 5) is 17.0. The van der Waals surface area contributed by atoms with Crippen molar-refractivity contribution in [3.05, 3.63) is 58.3 Å². The molecular formula is C22H24N2O3. The van der Waals surface area contributed by atoms with Gasteiger partial charge in [0.05, 0.1) is 17.9 Å². The molecule has 0 aliphatic carbocycles. The highest BCUT2D eigenvalue weighted by molar-refractivity contribution is 5.97. The van der Waals surface area contributed by atoms with Gasteiger partial charge in [-0.3, -0.25) is 4.79 Å². The Hall–Kier alpha value is -2.71. The number of hydrogen-bond acceptors (Lipinski definition) is 5. The van der Waals surface area contributed by atoms with Crippen LogP contribution in [0.25, 0.3) is 0 Å². The van der Waals surface area contributed by atoms with Crippen LogP contribution >= 0.6 is 0 Å². The first-order chi connectivity index (χ1) is 12.8. The molecule has 0 amide bonds. The number of nitrogens with zero attached hydrogens (tertiary/aromatic N) is 2. The summed E-state index contributed by atoms with van der Waals surface area (Å²) in [6, 6.07) is 11.2. The minimum Gasteiger partial charge on any atom is -0.468 e. The Balaban J connectivity index is 1.96. The van der Waals surface area contributed by atoms with Crippen LogP contribution < -0.4 is 4.74 Å². The highest BCUT2D eigenvalue weighted by Gasteiger charge is 2.32. The molecule has 0 bridgehead atoms. The first kappa shape index (κ1) is 19.1. The fourth-order valence-corrected chi connectivity index (χ4v) is 3.31. The highest BCUT2D eigenvalue weighted by Crippen LogP contribution is 2.37. The fraction of sp³-hybridized carbons (Fsp3) is 0.409. The Kier molecular flexibility index (Phi) is 5.29. The van der Waals surface area contributed by atoms with E-state index in [4.69, 9.17) is 9.47 Å². The fourth-order valence-electron chi connectivity index (χ4n) is 3.31. The molecule has 2 aromatic rings. The molecule has 3 rings (SSSR count). The van der Waals surface area contributed by atoms with Crippen LogP contribution in [0.3, 0.4) is 0 Å². The molecule has 27 heavy (non-hydrogen) atoms. The molecule has 1 aromatic carbocycles. The summed E-state index contributed by atoms with van der Waals surface area (Å²) < 4.78 is 11.7. The summed E-state index contributed by atoms with van der Waals surface area (Å²) >= 11 is 0. The Morgan fingerprint density at radius 1 is 1.30 bits per heavy atom. The van der Waals surface area contributed by atoms with Crippen LogP contribution in [0.5, 0.6) is 5.88 Å². The maximum absolute atomic E-state index is 12.4. The second-order valence-corrected chi connectivity index (χ2v) is 7.70. The van der Waals surface area contributed by atoms with Crippen molar-refractivity contribution < 1.29 is 14.3 Å². The molecule has 0 radical (unpaired) electrons. The first-order valence-electron chi connectivity index (χ1n) is 9.13. The molecule has 0 spiro atoms. The zero-order valence-corrected chi connectivity index (χ0v) is 16.2. The van der Waals surface area contributed by atoms with Gasteiger partial charge in [0.2, 0.25) is 5.88 Å². The Morgan fingerprint density at radius 3 is 2.63 bits per heavy atom. The summed E-state index contributed by atoms with van der Waals surface area (Å²) in [7, 11) is 0. The highest BCUT2D eigenvalue weighted by atomic mass is 16.5. The van der Waals surface area contributed by atoms with Crippen LogP contribution in [-0.2, 0) is 17.8 Å². The van der Waals surface area contributed by atoms with Gasteiger partial charge >= 0.3 is 0 Å². The quantitative estimate of drug-likeness (QED) is 0.744. The molecule has 0 saturated heterocycles. The van der Waals surface area contributed by atoms with Crippen molar-refractivity contribution in [2.75, 3.05) is 6.61 Å². The van der Waals surface area contributed by atoms with E-state index in [1.165, 1.54) is 0 Å². The molecule has 1 aliphatic heterocycles. The van der Waals surface area contributed by atoms with Crippen LogP contribution in [0.4, 0.5) is 0 Å². The van der Waals surface area contributed by atoms with Crippen molar-refractivity contribution in [1.29, 1.82) is 5.26 Å². The number of aromatic nitrogens is 1. The second-order valence-electron chi connectivity index (χ2n) is 7.70. The molecular weight excluding hydrogens is 340 g/mol. The molecule has 140 valence electrons. The van der Waals surface area contributed by atoms with E-state index in [9.17, 15) is 10.1 Å². The number of Topliss-reactive ketones (excluding diaryl/α,β-unsaturated/α-hetero) is 1. The van der Waals surface area contributed by atoms with Crippen LogP contribution in [0.15, 0.2) is 30.3 Å². The third-order valence-corrected chi connectivity index (χ3v) is 4.72. The average Bonchev–Trinajstić information content (AvgIpc) is 2.64. The van der Waals surface area contributed by atoms with E-state index >= 15 is 0 Å². The summed E-state index contributed by atoms with van der Waals surface area (Å²) in [5.41, 5.74) is 3.39. The Bertz CT molecular complexity index is 896. The number of nitriles is 1. The zero-order chi connectivity index (χ0) is 19.6. The molecule has 1 aromatic heterocycles. The molecule has 0 atom stereocenters. The Morgan fingerprint density at radius 2 is 2.00 bits per heavy atom. The van der Waals surface area contributed by atoms with Gasteiger partial charge in [0.25, 0.3) is 0 Å². The van der Waals surface area contributed by atoms with Gasteiger partial charge in [0.1, 0.15) is 11.6 Å². The molecule has 2 heterocycles. The molecule has 1 aliphatic rings. The van der Waals surface area contributed by atoms with E-state index in [1.54, 1.807) is 12.1 Å². The number of carbonyl (C=O) groups is 1. The van der Waals surface area contributed by atoms with Crippen LogP contribution in [0, 0.1) is 11.3 Å². The predicted octanol–water partition coefficient (Wildman–Crippen LogP) is 4.19. The largest absolute Gasteiger partial charge is 0.468 e. The molecule has 0 fully saturated rings. The summed E-state index contributed by atoms with van der Waals surface area (Å²) in [6.45, 7) is 8.39.